The summed E-state index contributed by atoms with van der Waals surface area (Å²) >= 11 is 0. The van der Waals surface area contributed by atoms with E-state index in [2.05, 4.69) is 0 Å². The summed E-state index contributed by atoms with van der Waals surface area (Å²) in [7, 11) is 0. The Labute approximate surface area is 100 Å². The Balaban J connectivity index is 2.42. The summed E-state index contributed by atoms with van der Waals surface area (Å²) in [6.45, 7) is 3.17. The van der Waals surface area contributed by atoms with Crippen LogP contribution in [-0.4, -0.2) is 30.9 Å². The summed E-state index contributed by atoms with van der Waals surface area (Å²) in [6.07, 6.45) is 0.923. The number of carbonyl (C=O) groups is 1. The number of aromatic hydroxyl groups is 1. The number of hydrogen-bond donors (Lipinski definition) is 2. The lowest BCUT2D eigenvalue weighted by molar-refractivity contribution is 0.0316. The van der Waals surface area contributed by atoms with E-state index in [-0.39, 0.29) is 17.9 Å². The number of carbonyl (C=O) groups excluding carboxylic acids is 1. The zero-order valence-electron chi connectivity index (χ0n) is 9.81. The molecule has 0 fully saturated rings. The van der Waals surface area contributed by atoms with E-state index in [1.165, 1.54) is 18.2 Å². The first-order valence-corrected chi connectivity index (χ1v) is 5.48. The Hall–Kier alpha value is -1.75. The van der Waals surface area contributed by atoms with Gasteiger partial charge in [-0.2, -0.15) is 0 Å². The van der Waals surface area contributed by atoms with E-state index in [4.69, 9.17) is 15.2 Å². The van der Waals surface area contributed by atoms with Crippen LogP contribution in [-0.2, 0) is 9.47 Å². The van der Waals surface area contributed by atoms with Gasteiger partial charge in [-0.05, 0) is 18.6 Å². The molecule has 3 N–H and O–H groups in total. The number of hydrogen-bond acceptors (Lipinski definition) is 5. The molecule has 0 aliphatic carbocycles. The molecule has 0 aliphatic rings. The monoisotopic (exact) mass is 239 g/mol. The Morgan fingerprint density at radius 3 is 2.76 bits per heavy atom. The predicted molar refractivity (Wildman–Crippen MR) is 63.9 cm³/mol. The van der Waals surface area contributed by atoms with Gasteiger partial charge in [0, 0.05) is 18.4 Å². The van der Waals surface area contributed by atoms with Crippen molar-refractivity contribution in [1.82, 2.24) is 0 Å². The van der Waals surface area contributed by atoms with Crippen LogP contribution in [0, 0.1) is 0 Å². The quantitative estimate of drug-likeness (QED) is 0.447. The van der Waals surface area contributed by atoms with Crippen molar-refractivity contribution in [2.75, 3.05) is 25.6 Å². The van der Waals surface area contributed by atoms with Crippen molar-refractivity contribution in [1.29, 1.82) is 0 Å². The van der Waals surface area contributed by atoms with Crippen LogP contribution in [0.15, 0.2) is 18.2 Å². The third-order valence-electron chi connectivity index (χ3n) is 2.05. The van der Waals surface area contributed by atoms with Crippen molar-refractivity contribution < 1.29 is 19.4 Å². The minimum atomic E-state index is -0.581. The van der Waals surface area contributed by atoms with Gasteiger partial charge in [0.2, 0.25) is 0 Å². The topological polar surface area (TPSA) is 81.8 Å². The van der Waals surface area contributed by atoms with Crippen LogP contribution in [0.25, 0.3) is 0 Å². The maximum absolute atomic E-state index is 11.5. The molecule has 5 heteroatoms. The average molecular weight is 239 g/mol. The van der Waals surface area contributed by atoms with Gasteiger partial charge in [0.25, 0.3) is 0 Å². The predicted octanol–water partition coefficient (Wildman–Crippen LogP) is 1.56. The summed E-state index contributed by atoms with van der Waals surface area (Å²) in [6, 6.07) is 4.27. The largest absolute Gasteiger partial charge is 0.507 e. The van der Waals surface area contributed by atoms with E-state index < -0.39 is 5.97 Å². The van der Waals surface area contributed by atoms with Crippen LogP contribution in [0.3, 0.4) is 0 Å². The van der Waals surface area contributed by atoms with Crippen LogP contribution < -0.4 is 5.73 Å². The number of phenolic OH excluding ortho intramolecular Hbond substituents is 1. The number of benzene rings is 1. The highest BCUT2D eigenvalue weighted by atomic mass is 16.6. The molecule has 1 aromatic carbocycles. The molecule has 0 radical (unpaired) electrons. The first kappa shape index (κ1) is 13.3. The fraction of sp³-hybridized carbons (Fsp3) is 0.417. The van der Waals surface area contributed by atoms with E-state index in [0.29, 0.717) is 18.9 Å². The normalized spacial score (nSPS) is 10.2. The third kappa shape index (κ3) is 4.32. The Morgan fingerprint density at radius 2 is 2.12 bits per heavy atom. The molecule has 0 amide bonds. The minimum absolute atomic E-state index is 0.106. The molecule has 94 valence electrons. The Morgan fingerprint density at radius 1 is 1.35 bits per heavy atom. The number of anilines is 1. The van der Waals surface area contributed by atoms with Gasteiger partial charge < -0.3 is 20.3 Å². The fourth-order valence-corrected chi connectivity index (χ4v) is 1.24. The minimum Gasteiger partial charge on any atom is -0.507 e. The fourth-order valence-electron chi connectivity index (χ4n) is 1.24. The highest BCUT2D eigenvalue weighted by Crippen LogP contribution is 2.20. The molecule has 1 aromatic rings. The first-order valence-electron chi connectivity index (χ1n) is 5.48. The molecular weight excluding hydrogens is 222 g/mol. The van der Waals surface area contributed by atoms with E-state index in [9.17, 15) is 9.90 Å². The lowest BCUT2D eigenvalue weighted by Gasteiger charge is -2.07. The zero-order chi connectivity index (χ0) is 12.7. The van der Waals surface area contributed by atoms with Gasteiger partial charge >= 0.3 is 5.97 Å². The van der Waals surface area contributed by atoms with E-state index in [1.807, 2.05) is 6.92 Å². The molecule has 0 aliphatic heterocycles. The Kier molecular flexibility index (Phi) is 5.29. The van der Waals surface area contributed by atoms with Gasteiger partial charge in [-0.15, -0.1) is 0 Å². The molecule has 0 saturated carbocycles. The van der Waals surface area contributed by atoms with Gasteiger partial charge in [0.1, 0.15) is 17.9 Å². The molecule has 5 nitrogen and oxygen atoms in total. The van der Waals surface area contributed by atoms with Gasteiger partial charge in [-0.25, -0.2) is 4.79 Å². The van der Waals surface area contributed by atoms with E-state index >= 15 is 0 Å². The second-order valence-electron chi connectivity index (χ2n) is 3.52. The second kappa shape index (κ2) is 6.75. The van der Waals surface area contributed by atoms with E-state index in [0.717, 1.165) is 6.42 Å². The van der Waals surface area contributed by atoms with Crippen LogP contribution in [0.2, 0.25) is 0 Å². The number of phenols is 1. The summed E-state index contributed by atoms with van der Waals surface area (Å²) in [4.78, 5) is 11.5. The first-order chi connectivity index (χ1) is 8.15. The van der Waals surface area contributed by atoms with Crippen LogP contribution in [0.4, 0.5) is 5.69 Å². The molecule has 0 atom stereocenters. The van der Waals surface area contributed by atoms with Crippen LogP contribution in [0.5, 0.6) is 5.75 Å². The smallest absolute Gasteiger partial charge is 0.341 e. The van der Waals surface area contributed by atoms with Crippen molar-refractivity contribution in [3.8, 4) is 5.75 Å². The van der Waals surface area contributed by atoms with Gasteiger partial charge in [0.05, 0.1) is 6.61 Å². The molecule has 0 heterocycles. The number of ether oxygens (including phenoxy) is 2. The third-order valence-corrected chi connectivity index (χ3v) is 2.05. The summed E-state index contributed by atoms with van der Waals surface area (Å²) < 4.78 is 10.1. The van der Waals surface area contributed by atoms with Gasteiger partial charge in [-0.3, -0.25) is 0 Å². The zero-order valence-corrected chi connectivity index (χ0v) is 9.81. The van der Waals surface area contributed by atoms with Gasteiger partial charge in [-0.1, -0.05) is 6.92 Å². The molecule has 0 unspecified atom stereocenters. The lowest BCUT2D eigenvalue weighted by Crippen LogP contribution is -2.11. The number of rotatable bonds is 6. The number of nitrogen functional groups attached to an aromatic ring is 1. The average Bonchev–Trinajstić information content (AvgIpc) is 2.28. The highest BCUT2D eigenvalue weighted by molar-refractivity contribution is 5.92. The van der Waals surface area contributed by atoms with Crippen molar-refractivity contribution >= 4 is 11.7 Å². The lowest BCUT2D eigenvalue weighted by atomic mass is 10.2. The van der Waals surface area contributed by atoms with Gasteiger partial charge in [0.15, 0.2) is 0 Å². The van der Waals surface area contributed by atoms with Crippen molar-refractivity contribution in [3.05, 3.63) is 23.8 Å². The van der Waals surface area contributed by atoms with Crippen molar-refractivity contribution in [3.63, 3.8) is 0 Å². The molecule has 0 aromatic heterocycles. The van der Waals surface area contributed by atoms with Crippen LogP contribution >= 0.6 is 0 Å². The highest BCUT2D eigenvalue weighted by Gasteiger charge is 2.12. The van der Waals surface area contributed by atoms with Crippen LogP contribution in [0.1, 0.15) is 23.7 Å². The molecular formula is C12H17NO4. The Bertz CT molecular complexity index is 379. The summed E-state index contributed by atoms with van der Waals surface area (Å²) in [5.74, 6) is -0.757. The standard InChI is InChI=1S/C12H17NO4/c1-2-5-16-6-7-17-12(15)10-4-3-9(13)8-11(10)14/h3-4,8,14H,2,5-7,13H2,1H3. The second-order valence-corrected chi connectivity index (χ2v) is 3.52. The maximum Gasteiger partial charge on any atom is 0.341 e. The molecule has 1 rings (SSSR count). The van der Waals surface area contributed by atoms with Crippen molar-refractivity contribution in [2.45, 2.75) is 13.3 Å². The summed E-state index contributed by atoms with van der Waals surface area (Å²) in [5, 5.41) is 9.49. The molecule has 17 heavy (non-hydrogen) atoms. The molecule has 0 spiro atoms. The number of nitrogens with two attached hydrogens (primary N) is 1. The van der Waals surface area contributed by atoms with E-state index in [1.54, 1.807) is 0 Å². The SMILES string of the molecule is CCCOCCOC(=O)c1ccc(N)cc1O. The molecule has 0 saturated heterocycles. The number of esters is 1. The summed E-state index contributed by atoms with van der Waals surface area (Å²) in [5.41, 5.74) is 5.95. The maximum atomic E-state index is 11.5. The van der Waals surface area contributed by atoms with Crippen molar-refractivity contribution in [2.24, 2.45) is 0 Å². The molecule has 0 bridgehead atoms.